The third-order valence-electron chi connectivity index (χ3n) is 4.53. The van der Waals surface area contributed by atoms with Gasteiger partial charge in [-0.15, -0.1) is 0 Å². The first-order valence-electron chi connectivity index (χ1n) is 7.85. The first kappa shape index (κ1) is 15.8. The number of thiocarbonyl (C=S) groups is 1. The van der Waals surface area contributed by atoms with E-state index < -0.39 is 0 Å². The van der Waals surface area contributed by atoms with E-state index in [2.05, 4.69) is 28.3 Å². The van der Waals surface area contributed by atoms with Gasteiger partial charge < -0.3 is 10.2 Å². The predicted octanol–water partition coefficient (Wildman–Crippen LogP) is 1.83. The Hall–Kier alpha value is -2.08. The topological polar surface area (TPSA) is 56.4 Å². The minimum Gasteiger partial charge on any atom is -0.378 e. The van der Waals surface area contributed by atoms with Crippen molar-refractivity contribution in [3.8, 4) is 0 Å². The average molecular weight is 330 g/mol. The summed E-state index contributed by atoms with van der Waals surface area (Å²) < 4.78 is 0. The monoisotopic (exact) mass is 330 g/mol. The molecule has 6 heteroatoms. The van der Waals surface area contributed by atoms with Gasteiger partial charge in [-0.3, -0.25) is 15.6 Å². The second-order valence-electron chi connectivity index (χ2n) is 6.38. The van der Waals surface area contributed by atoms with Crippen LogP contribution in [-0.2, 0) is 0 Å². The number of hydrogen-bond acceptors (Lipinski definition) is 3. The van der Waals surface area contributed by atoms with Gasteiger partial charge in [0.05, 0.1) is 0 Å². The van der Waals surface area contributed by atoms with Crippen LogP contribution in [-0.4, -0.2) is 31.2 Å². The molecule has 0 unspecified atom stereocenters. The maximum Gasteiger partial charge on any atom is 0.269 e. The number of anilines is 1. The van der Waals surface area contributed by atoms with Crippen LogP contribution in [0, 0.1) is 11.8 Å². The Morgan fingerprint density at radius 2 is 1.87 bits per heavy atom. The molecule has 0 saturated heterocycles. The van der Waals surface area contributed by atoms with Crippen molar-refractivity contribution in [3.63, 3.8) is 0 Å². The van der Waals surface area contributed by atoms with E-state index in [1.807, 2.05) is 31.1 Å². The molecule has 0 aromatic heterocycles. The molecule has 1 amide bonds. The first-order chi connectivity index (χ1) is 11.0. The van der Waals surface area contributed by atoms with Crippen molar-refractivity contribution in [2.24, 2.45) is 11.8 Å². The van der Waals surface area contributed by atoms with E-state index in [-0.39, 0.29) is 5.91 Å². The minimum absolute atomic E-state index is 0.202. The second kappa shape index (κ2) is 6.58. The molecular formula is C17H22N4OS. The highest BCUT2D eigenvalue weighted by Crippen LogP contribution is 2.38. The Kier molecular flexibility index (Phi) is 4.52. The molecule has 5 nitrogen and oxygen atoms in total. The van der Waals surface area contributed by atoms with Crippen LogP contribution in [0.4, 0.5) is 5.69 Å². The van der Waals surface area contributed by atoms with Crippen LogP contribution in [0.3, 0.4) is 0 Å². The molecule has 0 radical (unpaired) electrons. The molecular weight excluding hydrogens is 308 g/mol. The molecule has 1 aromatic rings. The maximum atomic E-state index is 12.1. The highest BCUT2D eigenvalue weighted by Gasteiger charge is 2.35. The molecule has 2 aliphatic rings. The fourth-order valence-electron chi connectivity index (χ4n) is 3.25. The van der Waals surface area contributed by atoms with Gasteiger partial charge in [-0.25, -0.2) is 0 Å². The highest BCUT2D eigenvalue weighted by atomic mass is 32.1. The largest absolute Gasteiger partial charge is 0.378 e. The lowest BCUT2D eigenvalue weighted by Gasteiger charge is -2.22. The number of benzene rings is 1. The molecule has 122 valence electrons. The number of amides is 1. The number of hydrazine groups is 1. The molecule has 1 fully saturated rings. The number of nitrogens with one attached hydrogen (secondary N) is 3. The summed E-state index contributed by atoms with van der Waals surface area (Å²) in [6.45, 7) is 0. The molecule has 0 heterocycles. The lowest BCUT2D eigenvalue weighted by Crippen LogP contribution is -2.50. The highest BCUT2D eigenvalue weighted by molar-refractivity contribution is 7.80. The summed E-state index contributed by atoms with van der Waals surface area (Å²) in [6, 6.07) is 7.79. The van der Waals surface area contributed by atoms with Crippen molar-refractivity contribution in [2.45, 2.75) is 18.9 Å². The number of rotatable bonds is 3. The normalized spacial score (nSPS) is 24.3. The number of nitrogens with zero attached hydrogens (tertiary/aromatic N) is 1. The zero-order valence-corrected chi connectivity index (χ0v) is 14.2. The van der Waals surface area contributed by atoms with Gasteiger partial charge in [0.15, 0.2) is 5.11 Å². The van der Waals surface area contributed by atoms with Gasteiger partial charge >= 0.3 is 0 Å². The quantitative estimate of drug-likeness (QED) is 0.448. The van der Waals surface area contributed by atoms with Crippen molar-refractivity contribution in [1.82, 2.24) is 16.2 Å². The third kappa shape index (κ3) is 3.64. The van der Waals surface area contributed by atoms with Crippen LogP contribution >= 0.6 is 12.2 Å². The lowest BCUT2D eigenvalue weighted by atomic mass is 10.0. The Labute approximate surface area is 142 Å². The van der Waals surface area contributed by atoms with E-state index >= 15 is 0 Å². The van der Waals surface area contributed by atoms with Crippen molar-refractivity contribution < 1.29 is 4.79 Å². The summed E-state index contributed by atoms with van der Waals surface area (Å²) in [7, 11) is 3.93. The van der Waals surface area contributed by atoms with Crippen molar-refractivity contribution in [1.29, 1.82) is 0 Å². The SMILES string of the molecule is CN(C)c1ccc(C(=O)NNC(=S)N[C@H]2C[C@H]3C=C[C@H]2C3)cc1. The Balaban J connectivity index is 1.46. The molecule has 2 aliphatic carbocycles. The van der Waals surface area contributed by atoms with Crippen molar-refractivity contribution in [3.05, 3.63) is 42.0 Å². The number of fused-ring (bicyclic) bond motifs is 2. The van der Waals surface area contributed by atoms with E-state index in [4.69, 9.17) is 12.2 Å². The molecule has 2 bridgehead atoms. The molecule has 3 atom stereocenters. The van der Waals surface area contributed by atoms with Gasteiger partial charge in [0.2, 0.25) is 0 Å². The van der Waals surface area contributed by atoms with Crippen LogP contribution in [0.25, 0.3) is 0 Å². The average Bonchev–Trinajstić information content (AvgIpc) is 3.15. The Bertz CT molecular complexity index is 626. The minimum atomic E-state index is -0.202. The molecule has 3 rings (SSSR count). The van der Waals surface area contributed by atoms with E-state index in [9.17, 15) is 4.79 Å². The van der Waals surface area contributed by atoms with Crippen molar-refractivity contribution in [2.75, 3.05) is 19.0 Å². The first-order valence-corrected chi connectivity index (χ1v) is 8.26. The predicted molar refractivity (Wildman–Crippen MR) is 96.2 cm³/mol. The molecule has 1 aromatic carbocycles. The Morgan fingerprint density at radius 1 is 1.13 bits per heavy atom. The second-order valence-corrected chi connectivity index (χ2v) is 6.79. The van der Waals surface area contributed by atoms with Gasteiger partial charge in [-0.05, 0) is 61.2 Å². The summed E-state index contributed by atoms with van der Waals surface area (Å²) in [5.74, 6) is 1.05. The smallest absolute Gasteiger partial charge is 0.269 e. The van der Waals surface area contributed by atoms with Crippen LogP contribution in [0.1, 0.15) is 23.2 Å². The van der Waals surface area contributed by atoms with Gasteiger partial charge in [0, 0.05) is 31.4 Å². The standard InChI is InChI=1S/C17H22N4OS/c1-21(2)14-7-5-12(6-8-14)16(22)19-20-17(23)18-15-10-11-3-4-13(15)9-11/h3-8,11,13,15H,9-10H2,1-2H3,(H,19,22)(H2,18,20,23)/t11-,13-,15-/m0/s1. The fourth-order valence-corrected chi connectivity index (χ4v) is 3.45. The van der Waals surface area contributed by atoms with Crippen LogP contribution in [0.5, 0.6) is 0 Å². The number of carbonyl (C=O) groups is 1. The van der Waals surface area contributed by atoms with Crippen LogP contribution < -0.4 is 21.1 Å². The number of carbonyl (C=O) groups excluding carboxylic acids is 1. The van der Waals surface area contributed by atoms with Gasteiger partial charge in [-0.1, -0.05) is 12.2 Å². The number of allylic oxidation sites excluding steroid dienone is 1. The zero-order valence-electron chi connectivity index (χ0n) is 13.4. The molecule has 1 saturated carbocycles. The van der Waals surface area contributed by atoms with E-state index in [1.165, 1.54) is 6.42 Å². The number of hydrogen-bond donors (Lipinski definition) is 3. The van der Waals surface area contributed by atoms with Crippen molar-refractivity contribution >= 4 is 28.9 Å². The zero-order chi connectivity index (χ0) is 16.4. The summed E-state index contributed by atoms with van der Waals surface area (Å²) in [6.07, 6.45) is 6.88. The molecule has 23 heavy (non-hydrogen) atoms. The molecule has 3 N–H and O–H groups in total. The van der Waals surface area contributed by atoms with E-state index in [0.29, 0.717) is 28.6 Å². The third-order valence-corrected chi connectivity index (χ3v) is 4.75. The molecule has 0 aliphatic heterocycles. The van der Waals surface area contributed by atoms with Crippen LogP contribution in [0.15, 0.2) is 36.4 Å². The summed E-state index contributed by atoms with van der Waals surface area (Å²) >= 11 is 5.26. The molecule has 0 spiro atoms. The van der Waals surface area contributed by atoms with Gasteiger partial charge in [-0.2, -0.15) is 0 Å². The Morgan fingerprint density at radius 3 is 2.43 bits per heavy atom. The fraction of sp³-hybridized carbons (Fsp3) is 0.412. The van der Waals surface area contributed by atoms with Crippen LogP contribution in [0.2, 0.25) is 0 Å². The summed E-state index contributed by atoms with van der Waals surface area (Å²) in [5, 5.41) is 3.76. The van der Waals surface area contributed by atoms with E-state index in [1.54, 1.807) is 12.1 Å². The lowest BCUT2D eigenvalue weighted by molar-refractivity contribution is 0.0943. The van der Waals surface area contributed by atoms with Gasteiger partial charge in [0.1, 0.15) is 0 Å². The maximum absolute atomic E-state index is 12.1. The summed E-state index contributed by atoms with van der Waals surface area (Å²) in [5.41, 5.74) is 7.08. The van der Waals surface area contributed by atoms with Gasteiger partial charge in [0.25, 0.3) is 5.91 Å². The summed E-state index contributed by atoms with van der Waals surface area (Å²) in [4.78, 5) is 14.1. The van der Waals surface area contributed by atoms with E-state index in [0.717, 1.165) is 12.1 Å².